The molecule has 1 heterocycles. The lowest BCUT2D eigenvalue weighted by atomic mass is 10.4. The summed E-state index contributed by atoms with van der Waals surface area (Å²) in [6.07, 6.45) is 3.73. The standard InChI is InChI=1S/C5H5NS.CH3F/c1-4-2-3-5(7)6-4;1-2/h2-3H,1H3;1H3. The fourth-order valence-electron chi connectivity index (χ4n) is 0.440. The van der Waals surface area contributed by atoms with E-state index < -0.39 is 0 Å². The third-order valence-electron chi connectivity index (χ3n) is 0.754. The summed E-state index contributed by atoms with van der Waals surface area (Å²) in [6, 6.07) is 0. The van der Waals surface area contributed by atoms with E-state index in [0.29, 0.717) is 12.2 Å². The Morgan fingerprint density at radius 2 is 2.00 bits per heavy atom. The quantitative estimate of drug-likeness (QED) is 0.474. The number of aliphatic imine (C=N–C) groups is 1. The highest BCUT2D eigenvalue weighted by Crippen LogP contribution is 1.95. The van der Waals surface area contributed by atoms with Crippen molar-refractivity contribution in [1.82, 2.24) is 0 Å². The Bertz CT molecular complexity index is 160. The van der Waals surface area contributed by atoms with Gasteiger partial charge in [0, 0.05) is 5.71 Å². The molecule has 0 aliphatic carbocycles. The SMILES string of the molecule is CC1=NC(=S)C=C1.CF. The van der Waals surface area contributed by atoms with Crippen LogP contribution in [-0.4, -0.2) is 17.9 Å². The molecule has 9 heavy (non-hydrogen) atoms. The first-order valence-corrected chi connectivity index (χ1v) is 2.85. The topological polar surface area (TPSA) is 12.4 Å². The van der Waals surface area contributed by atoms with Gasteiger partial charge in [0.15, 0.2) is 0 Å². The highest BCUT2D eigenvalue weighted by atomic mass is 32.1. The third kappa shape index (κ3) is 3.08. The minimum Gasteiger partial charge on any atom is -0.255 e. The van der Waals surface area contributed by atoms with Crippen molar-refractivity contribution in [1.29, 1.82) is 0 Å². The molecule has 0 radical (unpaired) electrons. The Hall–Kier alpha value is -0.570. The molecule has 0 spiro atoms. The van der Waals surface area contributed by atoms with Crippen LogP contribution in [0.3, 0.4) is 0 Å². The molecule has 0 amide bonds. The predicted molar refractivity (Wildman–Crippen MR) is 41.9 cm³/mol. The van der Waals surface area contributed by atoms with Gasteiger partial charge in [-0.2, -0.15) is 0 Å². The molecule has 0 bridgehead atoms. The van der Waals surface area contributed by atoms with E-state index in [9.17, 15) is 4.39 Å². The number of halogens is 1. The molecule has 1 rings (SSSR count). The molecule has 0 saturated heterocycles. The molecule has 3 heteroatoms. The van der Waals surface area contributed by atoms with Gasteiger partial charge in [-0.3, -0.25) is 4.39 Å². The Kier molecular flexibility index (Phi) is 4.05. The van der Waals surface area contributed by atoms with E-state index in [0.717, 1.165) is 5.71 Å². The van der Waals surface area contributed by atoms with Crippen LogP contribution in [0.1, 0.15) is 6.92 Å². The third-order valence-corrected chi connectivity index (χ3v) is 0.981. The fraction of sp³-hybridized carbons (Fsp3) is 0.333. The van der Waals surface area contributed by atoms with Crippen LogP contribution in [0.25, 0.3) is 0 Å². The van der Waals surface area contributed by atoms with Crippen LogP contribution >= 0.6 is 12.2 Å². The maximum absolute atomic E-state index is 9.50. The fourth-order valence-corrected chi connectivity index (χ4v) is 0.652. The summed E-state index contributed by atoms with van der Waals surface area (Å²) in [7, 11) is 0.500. The van der Waals surface area contributed by atoms with Crippen LogP contribution in [0.15, 0.2) is 17.1 Å². The second kappa shape index (κ2) is 4.32. The number of nitrogens with zero attached hydrogens (tertiary/aromatic N) is 1. The van der Waals surface area contributed by atoms with Gasteiger partial charge in [-0.15, -0.1) is 0 Å². The number of thiocarbonyl (C=S) groups is 1. The monoisotopic (exact) mass is 145 g/mol. The van der Waals surface area contributed by atoms with Crippen molar-refractivity contribution < 1.29 is 4.39 Å². The molecule has 0 fully saturated rings. The van der Waals surface area contributed by atoms with Crippen molar-refractivity contribution in [3.8, 4) is 0 Å². The Labute approximate surface area is 59.3 Å². The second-order valence-corrected chi connectivity index (χ2v) is 1.84. The smallest absolute Gasteiger partial charge is 0.126 e. The van der Waals surface area contributed by atoms with Crippen molar-refractivity contribution in [3.63, 3.8) is 0 Å². The van der Waals surface area contributed by atoms with Gasteiger partial charge >= 0.3 is 0 Å². The van der Waals surface area contributed by atoms with E-state index in [1.54, 1.807) is 0 Å². The van der Waals surface area contributed by atoms with Crippen LogP contribution in [0, 0.1) is 0 Å². The highest BCUT2D eigenvalue weighted by molar-refractivity contribution is 7.80. The lowest BCUT2D eigenvalue weighted by Crippen LogP contribution is -1.77. The number of alkyl halides is 1. The van der Waals surface area contributed by atoms with Crippen molar-refractivity contribution >= 4 is 22.9 Å². The second-order valence-electron chi connectivity index (χ2n) is 1.42. The Morgan fingerprint density at radius 1 is 1.44 bits per heavy atom. The van der Waals surface area contributed by atoms with E-state index >= 15 is 0 Å². The Balaban J connectivity index is 0.000000291. The molecule has 1 nitrogen and oxygen atoms in total. The van der Waals surface area contributed by atoms with Crippen LogP contribution in [0.4, 0.5) is 4.39 Å². The largest absolute Gasteiger partial charge is 0.255 e. The normalized spacial score (nSPS) is 14.6. The Morgan fingerprint density at radius 3 is 2.11 bits per heavy atom. The average Bonchev–Trinajstić information content (AvgIpc) is 2.20. The molecule has 1 aliphatic rings. The summed E-state index contributed by atoms with van der Waals surface area (Å²) in [5.74, 6) is 0. The maximum atomic E-state index is 9.50. The number of hydrogen-bond acceptors (Lipinski definition) is 1. The van der Waals surface area contributed by atoms with Crippen LogP contribution in [-0.2, 0) is 0 Å². The van der Waals surface area contributed by atoms with E-state index in [2.05, 4.69) is 4.99 Å². The lowest BCUT2D eigenvalue weighted by Gasteiger charge is -1.74. The first-order chi connectivity index (χ1) is 4.29. The molecular formula is C6H8FNS. The summed E-state index contributed by atoms with van der Waals surface area (Å²) in [4.78, 5) is 4.62. The molecule has 0 aromatic heterocycles. The van der Waals surface area contributed by atoms with Gasteiger partial charge in [0.05, 0.1) is 7.18 Å². The zero-order valence-electron chi connectivity index (χ0n) is 5.39. The van der Waals surface area contributed by atoms with Gasteiger partial charge in [-0.1, -0.05) is 12.2 Å². The van der Waals surface area contributed by atoms with Gasteiger partial charge < -0.3 is 0 Å². The lowest BCUT2D eigenvalue weighted by molar-refractivity contribution is 0.636. The van der Waals surface area contributed by atoms with Crippen LogP contribution in [0.5, 0.6) is 0 Å². The molecule has 0 atom stereocenters. The molecular weight excluding hydrogens is 137 g/mol. The van der Waals surface area contributed by atoms with Gasteiger partial charge in [-0.25, -0.2) is 4.99 Å². The van der Waals surface area contributed by atoms with E-state index in [4.69, 9.17) is 12.2 Å². The van der Waals surface area contributed by atoms with Crippen molar-refractivity contribution in [2.24, 2.45) is 4.99 Å². The first-order valence-electron chi connectivity index (χ1n) is 2.44. The minimum atomic E-state index is 0.500. The molecule has 0 aromatic carbocycles. The average molecular weight is 145 g/mol. The molecule has 50 valence electrons. The number of allylic oxidation sites excluding steroid dienone is 1. The predicted octanol–water partition coefficient (Wildman–Crippen LogP) is 1.93. The first kappa shape index (κ1) is 8.43. The van der Waals surface area contributed by atoms with Crippen molar-refractivity contribution in [2.75, 3.05) is 7.18 Å². The van der Waals surface area contributed by atoms with E-state index in [1.807, 2.05) is 19.1 Å². The van der Waals surface area contributed by atoms with Gasteiger partial charge in [-0.05, 0) is 19.1 Å². The molecule has 0 unspecified atom stereocenters. The summed E-state index contributed by atoms with van der Waals surface area (Å²) in [6.45, 7) is 1.93. The number of rotatable bonds is 0. The van der Waals surface area contributed by atoms with Gasteiger partial charge in [0.25, 0.3) is 0 Å². The summed E-state index contributed by atoms with van der Waals surface area (Å²) < 4.78 is 9.50. The van der Waals surface area contributed by atoms with Gasteiger partial charge in [0.2, 0.25) is 0 Å². The van der Waals surface area contributed by atoms with E-state index in [-0.39, 0.29) is 0 Å². The number of hydrogen-bond donors (Lipinski definition) is 0. The van der Waals surface area contributed by atoms with E-state index in [1.165, 1.54) is 0 Å². The van der Waals surface area contributed by atoms with Crippen molar-refractivity contribution in [3.05, 3.63) is 12.2 Å². The molecule has 1 aliphatic heterocycles. The van der Waals surface area contributed by atoms with Crippen molar-refractivity contribution in [2.45, 2.75) is 6.92 Å². The summed E-state index contributed by atoms with van der Waals surface area (Å²) in [5.41, 5.74) is 1.00. The summed E-state index contributed by atoms with van der Waals surface area (Å²) >= 11 is 4.72. The summed E-state index contributed by atoms with van der Waals surface area (Å²) in [5, 5.41) is 0. The zero-order chi connectivity index (χ0) is 7.28. The van der Waals surface area contributed by atoms with Crippen LogP contribution in [0.2, 0.25) is 0 Å². The highest BCUT2D eigenvalue weighted by Gasteiger charge is 1.94. The molecule has 0 aromatic rings. The zero-order valence-corrected chi connectivity index (χ0v) is 6.20. The molecule has 0 saturated carbocycles. The minimum absolute atomic E-state index is 0.500. The maximum Gasteiger partial charge on any atom is 0.126 e. The van der Waals surface area contributed by atoms with Crippen LogP contribution < -0.4 is 0 Å². The molecule has 0 N–H and O–H groups in total. The van der Waals surface area contributed by atoms with Gasteiger partial charge in [0.1, 0.15) is 4.99 Å².